The van der Waals surface area contributed by atoms with Gasteiger partial charge >= 0.3 is 11.7 Å². The zero-order chi connectivity index (χ0) is 20.4. The van der Waals surface area contributed by atoms with Gasteiger partial charge in [-0.25, -0.2) is 4.79 Å². The molecule has 158 valence electrons. The minimum Gasteiger partial charge on any atom is -0.508 e. The summed E-state index contributed by atoms with van der Waals surface area (Å²) in [6.07, 6.45) is 4.61. The van der Waals surface area contributed by atoms with E-state index < -0.39 is 11.9 Å². The quantitative estimate of drug-likeness (QED) is 0.559. The average Bonchev–Trinajstić information content (AvgIpc) is 3.36. The lowest BCUT2D eigenvalue weighted by Gasteiger charge is -2.19. The number of nitrogens with zero attached hydrogens (tertiary/aromatic N) is 2. The Kier molecular flexibility index (Phi) is 6.64. The van der Waals surface area contributed by atoms with Crippen molar-refractivity contribution in [2.45, 2.75) is 12.8 Å². The number of phenolic OH excluding ortho intramolecular Hbond substituents is 1. The molecule has 1 aliphatic rings. The molecule has 0 saturated carbocycles. The van der Waals surface area contributed by atoms with E-state index in [1.807, 2.05) is 24.3 Å². The van der Waals surface area contributed by atoms with Crippen LogP contribution in [-0.4, -0.2) is 38.4 Å². The summed E-state index contributed by atoms with van der Waals surface area (Å²) >= 11 is 0. The van der Waals surface area contributed by atoms with E-state index in [1.54, 1.807) is 30.6 Å². The van der Waals surface area contributed by atoms with Gasteiger partial charge in [-0.15, -0.1) is 12.4 Å². The number of aromatic nitrogens is 2. The molecule has 4 rings (SSSR count). The maximum Gasteiger partial charge on any atom is 0.337 e. The molecule has 30 heavy (non-hydrogen) atoms. The van der Waals surface area contributed by atoms with Crippen LogP contribution in [0.3, 0.4) is 0 Å². The summed E-state index contributed by atoms with van der Waals surface area (Å²) in [6.45, 7) is 1.58. The molecule has 2 heterocycles. The molecule has 8 heteroatoms. The van der Waals surface area contributed by atoms with Crippen LogP contribution in [0.15, 0.2) is 65.7 Å². The fraction of sp³-hybridized carbons (Fsp3) is 0.273. The number of nitrogens with one attached hydrogen (secondary N) is 1. The molecule has 1 aliphatic heterocycles. The van der Waals surface area contributed by atoms with Crippen molar-refractivity contribution in [3.8, 4) is 17.1 Å². The van der Waals surface area contributed by atoms with Crippen LogP contribution in [0, 0.1) is 11.8 Å². The molecule has 2 atom stereocenters. The van der Waals surface area contributed by atoms with Crippen molar-refractivity contribution in [3.63, 3.8) is 0 Å². The molecule has 1 aromatic heterocycles. The third kappa shape index (κ3) is 4.42. The maximum atomic E-state index is 12.9. The largest absolute Gasteiger partial charge is 0.508 e. The zero-order valence-corrected chi connectivity index (χ0v) is 17.1. The second-order valence-electron chi connectivity index (χ2n) is 7.41. The van der Waals surface area contributed by atoms with E-state index in [-0.39, 0.29) is 29.8 Å². The number of aliphatic carboxylic acids is 1. The topological polar surface area (TPSA) is 96.5 Å². The standard InChI is InChI=1S/C22H23N3O4.ClH/c26-19-6-2-5-18(13-19)25-10-9-24(22(25)29)17-4-1-3-15(11-17)12-20(21(27)28)16-7-8-23-14-16;/h1-6,9-11,13,16,20,23,26H,7-8,12,14H2,(H,27,28);1H/t16-,20-;/m0./s1. The van der Waals surface area contributed by atoms with Crippen molar-refractivity contribution < 1.29 is 15.0 Å². The molecule has 3 N–H and O–H groups in total. The Bertz CT molecular complexity index is 1090. The fourth-order valence-electron chi connectivity index (χ4n) is 3.98. The lowest BCUT2D eigenvalue weighted by Crippen LogP contribution is -2.27. The predicted molar refractivity (Wildman–Crippen MR) is 116 cm³/mol. The molecule has 0 radical (unpaired) electrons. The number of imidazole rings is 1. The highest BCUT2D eigenvalue weighted by molar-refractivity contribution is 5.85. The summed E-state index contributed by atoms with van der Waals surface area (Å²) in [5.74, 6) is -1.03. The van der Waals surface area contributed by atoms with Crippen molar-refractivity contribution in [1.29, 1.82) is 0 Å². The molecular weight excluding hydrogens is 406 g/mol. The molecule has 7 nitrogen and oxygen atoms in total. The Morgan fingerprint density at radius 2 is 1.77 bits per heavy atom. The third-order valence-corrected chi connectivity index (χ3v) is 5.51. The van der Waals surface area contributed by atoms with Crippen LogP contribution in [-0.2, 0) is 11.2 Å². The van der Waals surface area contributed by atoms with E-state index in [9.17, 15) is 19.8 Å². The minimum absolute atomic E-state index is 0. The van der Waals surface area contributed by atoms with Gasteiger partial charge in [0.15, 0.2) is 0 Å². The SMILES string of the molecule is Cl.O=C(O)[C@@H](Cc1cccc(-n2ccn(-c3cccc(O)c3)c2=O)c1)[C@H]1CCNC1. The highest BCUT2D eigenvalue weighted by Crippen LogP contribution is 2.24. The maximum absolute atomic E-state index is 12.9. The van der Waals surface area contributed by atoms with Crippen molar-refractivity contribution in [2.24, 2.45) is 11.8 Å². The number of aromatic hydroxyl groups is 1. The zero-order valence-electron chi connectivity index (χ0n) is 16.3. The molecule has 1 saturated heterocycles. The van der Waals surface area contributed by atoms with Crippen molar-refractivity contribution in [3.05, 3.63) is 77.0 Å². The van der Waals surface area contributed by atoms with E-state index >= 15 is 0 Å². The number of carboxylic acid groups (broad SMARTS) is 1. The molecular formula is C22H24ClN3O4. The van der Waals surface area contributed by atoms with Gasteiger partial charge in [0.1, 0.15) is 5.75 Å². The summed E-state index contributed by atoms with van der Waals surface area (Å²) < 4.78 is 2.97. The average molecular weight is 430 g/mol. The molecule has 0 bridgehead atoms. The highest BCUT2D eigenvalue weighted by Gasteiger charge is 2.30. The Balaban J connectivity index is 0.00000256. The van der Waals surface area contributed by atoms with Gasteiger partial charge in [-0.3, -0.25) is 13.9 Å². The predicted octanol–water partition coefficient (Wildman–Crippen LogP) is 2.61. The molecule has 0 amide bonds. The van der Waals surface area contributed by atoms with Gasteiger partial charge in [0.25, 0.3) is 0 Å². The molecule has 0 spiro atoms. The fourth-order valence-corrected chi connectivity index (χ4v) is 3.98. The van der Waals surface area contributed by atoms with Gasteiger partial charge in [-0.2, -0.15) is 0 Å². The summed E-state index contributed by atoms with van der Waals surface area (Å²) in [7, 11) is 0. The number of benzene rings is 2. The summed E-state index contributed by atoms with van der Waals surface area (Å²) in [5.41, 5.74) is 1.88. The minimum atomic E-state index is -0.781. The number of rotatable bonds is 6. The van der Waals surface area contributed by atoms with Gasteiger partial charge in [-0.05, 0) is 61.7 Å². The lowest BCUT2D eigenvalue weighted by molar-refractivity contribution is -0.143. The molecule has 2 aromatic carbocycles. The van der Waals surface area contributed by atoms with Gasteiger partial charge in [0.05, 0.1) is 17.3 Å². The molecule has 0 unspecified atom stereocenters. The Morgan fingerprint density at radius 3 is 2.37 bits per heavy atom. The molecule has 1 fully saturated rings. The highest BCUT2D eigenvalue weighted by atomic mass is 35.5. The first-order valence-electron chi connectivity index (χ1n) is 9.65. The lowest BCUT2D eigenvalue weighted by atomic mass is 9.86. The van der Waals surface area contributed by atoms with E-state index in [1.165, 1.54) is 15.2 Å². The Hall–Kier alpha value is -3.03. The van der Waals surface area contributed by atoms with E-state index in [2.05, 4.69) is 5.32 Å². The van der Waals surface area contributed by atoms with Crippen LogP contribution in [0.25, 0.3) is 11.4 Å². The number of halogens is 1. The number of phenols is 1. The van der Waals surface area contributed by atoms with Crippen LogP contribution in [0.4, 0.5) is 0 Å². The monoisotopic (exact) mass is 429 g/mol. The van der Waals surface area contributed by atoms with Crippen molar-refractivity contribution in [1.82, 2.24) is 14.5 Å². The number of carboxylic acids is 1. The van der Waals surface area contributed by atoms with E-state index in [4.69, 9.17) is 0 Å². The first-order chi connectivity index (χ1) is 14.0. The van der Waals surface area contributed by atoms with Gasteiger partial charge in [0, 0.05) is 18.5 Å². The van der Waals surface area contributed by atoms with Crippen molar-refractivity contribution >= 4 is 18.4 Å². The number of carbonyl (C=O) groups is 1. The second-order valence-corrected chi connectivity index (χ2v) is 7.41. The first kappa shape index (κ1) is 21.7. The van der Waals surface area contributed by atoms with Gasteiger partial charge in [0.2, 0.25) is 0 Å². The second kappa shape index (κ2) is 9.19. The van der Waals surface area contributed by atoms with Crippen LogP contribution in [0.1, 0.15) is 12.0 Å². The Morgan fingerprint density at radius 1 is 1.10 bits per heavy atom. The van der Waals surface area contributed by atoms with Gasteiger partial charge in [-0.1, -0.05) is 18.2 Å². The van der Waals surface area contributed by atoms with Crippen LogP contribution < -0.4 is 11.0 Å². The smallest absolute Gasteiger partial charge is 0.337 e. The molecule has 0 aliphatic carbocycles. The van der Waals surface area contributed by atoms with E-state index in [0.717, 1.165) is 25.1 Å². The van der Waals surface area contributed by atoms with Gasteiger partial charge < -0.3 is 15.5 Å². The Labute approximate surface area is 180 Å². The number of hydrogen-bond donors (Lipinski definition) is 3. The van der Waals surface area contributed by atoms with Crippen LogP contribution in [0.5, 0.6) is 5.75 Å². The summed E-state index contributed by atoms with van der Waals surface area (Å²) in [4.78, 5) is 24.7. The van der Waals surface area contributed by atoms with Crippen LogP contribution in [0.2, 0.25) is 0 Å². The van der Waals surface area contributed by atoms with E-state index in [0.29, 0.717) is 17.8 Å². The third-order valence-electron chi connectivity index (χ3n) is 5.51. The number of hydrogen-bond acceptors (Lipinski definition) is 4. The normalized spacial score (nSPS) is 16.7. The van der Waals surface area contributed by atoms with Crippen LogP contribution >= 0.6 is 12.4 Å². The first-order valence-corrected chi connectivity index (χ1v) is 9.65. The summed E-state index contributed by atoms with van der Waals surface area (Å²) in [5, 5.41) is 22.6. The summed E-state index contributed by atoms with van der Waals surface area (Å²) in [6, 6.07) is 13.9. The van der Waals surface area contributed by atoms with Crippen molar-refractivity contribution in [2.75, 3.05) is 13.1 Å². The molecule has 3 aromatic rings.